The molecule has 1 aliphatic heterocycles. The Morgan fingerprint density at radius 2 is 2.20 bits per heavy atom. The van der Waals surface area contributed by atoms with Gasteiger partial charge in [0.05, 0.1) is 6.04 Å². The molecule has 0 bridgehead atoms. The maximum Gasteiger partial charge on any atom is 0.436 e. The number of hydrogen-bond donors (Lipinski definition) is 1. The van der Waals surface area contributed by atoms with Crippen LogP contribution in [0.15, 0.2) is 10.6 Å². The second-order valence-corrected chi connectivity index (χ2v) is 3.26. The first-order valence-corrected chi connectivity index (χ1v) is 4.34. The van der Waals surface area contributed by atoms with Gasteiger partial charge in [-0.2, -0.15) is 13.2 Å². The summed E-state index contributed by atoms with van der Waals surface area (Å²) >= 11 is 0. The number of nitrogens with one attached hydrogen (secondary N) is 1. The van der Waals surface area contributed by atoms with E-state index >= 15 is 0 Å². The Morgan fingerprint density at radius 1 is 1.47 bits per heavy atom. The molecule has 1 unspecified atom stereocenters. The lowest BCUT2D eigenvalue weighted by Gasteiger charge is -2.03. The summed E-state index contributed by atoms with van der Waals surface area (Å²) in [5.41, 5.74) is -0.957. The predicted octanol–water partition coefficient (Wildman–Crippen LogP) is 2.54. The number of rotatable bonds is 1. The van der Waals surface area contributed by atoms with Crippen LogP contribution in [0.3, 0.4) is 0 Å². The second-order valence-electron chi connectivity index (χ2n) is 3.26. The van der Waals surface area contributed by atoms with Gasteiger partial charge in [-0.15, -0.1) is 12.4 Å². The Labute approximate surface area is 90.4 Å². The molecule has 2 heterocycles. The maximum atomic E-state index is 12.1. The van der Waals surface area contributed by atoms with Crippen molar-refractivity contribution in [3.05, 3.63) is 17.5 Å². The van der Waals surface area contributed by atoms with Crippen molar-refractivity contribution in [3.63, 3.8) is 0 Å². The van der Waals surface area contributed by atoms with E-state index in [9.17, 15) is 13.2 Å². The minimum absolute atomic E-state index is 0. The van der Waals surface area contributed by atoms with E-state index in [1.807, 2.05) is 0 Å². The summed E-state index contributed by atoms with van der Waals surface area (Å²) in [7, 11) is 0. The Hall–Kier alpha value is -0.750. The summed E-state index contributed by atoms with van der Waals surface area (Å²) < 4.78 is 41.1. The van der Waals surface area contributed by atoms with Crippen LogP contribution in [0.2, 0.25) is 0 Å². The third-order valence-corrected chi connectivity index (χ3v) is 2.22. The van der Waals surface area contributed by atoms with E-state index in [1.165, 1.54) is 0 Å². The quantitative estimate of drug-likeness (QED) is 0.822. The normalized spacial score (nSPS) is 21.4. The lowest BCUT2D eigenvalue weighted by atomic mass is 10.2. The van der Waals surface area contributed by atoms with Gasteiger partial charge in [-0.25, -0.2) is 0 Å². The monoisotopic (exact) mass is 242 g/mol. The van der Waals surface area contributed by atoms with Gasteiger partial charge >= 0.3 is 6.18 Å². The lowest BCUT2D eigenvalue weighted by Crippen LogP contribution is -2.12. The fraction of sp³-hybridized carbons (Fsp3) is 0.625. The molecule has 1 N–H and O–H groups in total. The van der Waals surface area contributed by atoms with Crippen molar-refractivity contribution in [3.8, 4) is 0 Å². The largest absolute Gasteiger partial charge is 0.436 e. The number of halogens is 4. The highest BCUT2D eigenvalue weighted by atomic mass is 35.5. The molecule has 0 amide bonds. The topological polar surface area (TPSA) is 38.1 Å². The highest BCUT2D eigenvalue weighted by Crippen LogP contribution is 2.31. The molecular weight excluding hydrogens is 233 g/mol. The summed E-state index contributed by atoms with van der Waals surface area (Å²) in [6, 6.07) is 0.849. The molecule has 86 valence electrons. The molecular formula is C8H10ClF3N2O. The van der Waals surface area contributed by atoms with Gasteiger partial charge < -0.3 is 9.84 Å². The van der Waals surface area contributed by atoms with Crippen LogP contribution in [-0.2, 0) is 6.18 Å². The smallest absolute Gasteiger partial charge is 0.359 e. The molecule has 7 heteroatoms. The first-order valence-electron chi connectivity index (χ1n) is 4.34. The summed E-state index contributed by atoms with van der Waals surface area (Å²) in [6.07, 6.45) is -2.67. The molecule has 2 rings (SSSR count). The van der Waals surface area contributed by atoms with E-state index in [0.717, 1.165) is 25.5 Å². The molecule has 1 fully saturated rings. The van der Waals surface area contributed by atoms with Crippen LogP contribution in [0, 0.1) is 0 Å². The third-order valence-electron chi connectivity index (χ3n) is 2.22. The van der Waals surface area contributed by atoms with Crippen molar-refractivity contribution < 1.29 is 17.7 Å². The predicted molar refractivity (Wildman–Crippen MR) is 48.7 cm³/mol. The zero-order valence-electron chi connectivity index (χ0n) is 7.67. The lowest BCUT2D eigenvalue weighted by molar-refractivity contribution is -0.142. The minimum atomic E-state index is -4.42. The van der Waals surface area contributed by atoms with Gasteiger partial charge in [0.2, 0.25) is 0 Å². The van der Waals surface area contributed by atoms with Crippen molar-refractivity contribution in [2.75, 3.05) is 6.54 Å². The van der Waals surface area contributed by atoms with Gasteiger partial charge in [-0.05, 0) is 19.4 Å². The number of nitrogens with zero attached hydrogens (tertiary/aromatic N) is 1. The third kappa shape index (κ3) is 2.63. The van der Waals surface area contributed by atoms with E-state index in [-0.39, 0.29) is 24.2 Å². The van der Waals surface area contributed by atoms with Crippen molar-refractivity contribution >= 4 is 12.4 Å². The average Bonchev–Trinajstić information content (AvgIpc) is 2.73. The van der Waals surface area contributed by atoms with E-state index < -0.39 is 11.9 Å². The molecule has 1 saturated heterocycles. The molecule has 1 aromatic rings. The van der Waals surface area contributed by atoms with Crippen LogP contribution in [0.5, 0.6) is 0 Å². The maximum absolute atomic E-state index is 12.1. The van der Waals surface area contributed by atoms with Gasteiger partial charge in [0.1, 0.15) is 0 Å². The van der Waals surface area contributed by atoms with Gasteiger partial charge in [-0.1, -0.05) is 5.16 Å². The second kappa shape index (κ2) is 4.40. The van der Waals surface area contributed by atoms with Crippen LogP contribution in [-0.4, -0.2) is 11.7 Å². The Morgan fingerprint density at radius 3 is 2.67 bits per heavy atom. The molecule has 1 aromatic heterocycles. The fourth-order valence-corrected chi connectivity index (χ4v) is 1.51. The van der Waals surface area contributed by atoms with Crippen LogP contribution < -0.4 is 5.32 Å². The molecule has 3 nitrogen and oxygen atoms in total. The number of hydrogen-bond acceptors (Lipinski definition) is 3. The first-order chi connectivity index (χ1) is 6.57. The van der Waals surface area contributed by atoms with Crippen LogP contribution in [0.1, 0.15) is 30.3 Å². The zero-order valence-corrected chi connectivity index (χ0v) is 8.49. The Bertz CT molecular complexity index is 320. The molecule has 0 radical (unpaired) electrons. The zero-order chi connectivity index (χ0) is 10.2. The van der Waals surface area contributed by atoms with E-state index in [4.69, 9.17) is 0 Å². The molecule has 0 aromatic carbocycles. The van der Waals surface area contributed by atoms with Gasteiger partial charge in [0.25, 0.3) is 0 Å². The highest BCUT2D eigenvalue weighted by Gasteiger charge is 2.36. The van der Waals surface area contributed by atoms with Crippen molar-refractivity contribution in [1.29, 1.82) is 0 Å². The SMILES string of the molecule is Cl.FC(F)(F)c1cc(C2CCCN2)on1. The molecule has 1 atom stereocenters. The summed E-state index contributed by atoms with van der Waals surface area (Å²) in [5, 5.41) is 6.03. The highest BCUT2D eigenvalue weighted by molar-refractivity contribution is 5.85. The molecule has 1 aliphatic rings. The fourth-order valence-electron chi connectivity index (χ4n) is 1.51. The number of aromatic nitrogens is 1. The van der Waals surface area contributed by atoms with Gasteiger partial charge in [0.15, 0.2) is 11.5 Å². The average molecular weight is 243 g/mol. The molecule has 0 aliphatic carbocycles. The Balaban J connectivity index is 0.00000112. The van der Waals surface area contributed by atoms with Crippen molar-refractivity contribution in [1.82, 2.24) is 10.5 Å². The minimum Gasteiger partial charge on any atom is -0.359 e. The Kier molecular flexibility index (Phi) is 3.62. The number of alkyl halides is 3. The van der Waals surface area contributed by atoms with Crippen LogP contribution in [0.25, 0.3) is 0 Å². The van der Waals surface area contributed by atoms with Crippen LogP contribution in [0.4, 0.5) is 13.2 Å². The van der Waals surface area contributed by atoms with Crippen LogP contribution >= 0.6 is 12.4 Å². The summed E-state index contributed by atoms with van der Waals surface area (Å²) in [5.74, 6) is 0.273. The molecule has 15 heavy (non-hydrogen) atoms. The summed E-state index contributed by atoms with van der Waals surface area (Å²) in [6.45, 7) is 0.812. The first kappa shape index (κ1) is 12.3. The van der Waals surface area contributed by atoms with E-state index in [2.05, 4.69) is 15.0 Å². The van der Waals surface area contributed by atoms with Crippen molar-refractivity contribution in [2.45, 2.75) is 25.1 Å². The standard InChI is InChI=1S/C8H9F3N2O.ClH/c9-8(10,11)7-4-6(14-13-7)5-2-1-3-12-5;/h4-5,12H,1-3H2;1H. The van der Waals surface area contributed by atoms with E-state index in [1.54, 1.807) is 0 Å². The molecule has 0 spiro atoms. The molecule has 0 saturated carbocycles. The van der Waals surface area contributed by atoms with Gasteiger partial charge in [-0.3, -0.25) is 0 Å². The van der Waals surface area contributed by atoms with E-state index in [0.29, 0.717) is 0 Å². The van der Waals surface area contributed by atoms with Crippen molar-refractivity contribution in [2.24, 2.45) is 0 Å². The summed E-state index contributed by atoms with van der Waals surface area (Å²) in [4.78, 5) is 0. The van der Waals surface area contributed by atoms with Gasteiger partial charge in [0, 0.05) is 6.07 Å².